The summed E-state index contributed by atoms with van der Waals surface area (Å²) < 4.78 is 0. The summed E-state index contributed by atoms with van der Waals surface area (Å²) in [6.07, 6.45) is 0. The van der Waals surface area contributed by atoms with Crippen molar-refractivity contribution >= 4 is 34.5 Å². The number of thiophene rings is 1. The molecule has 20 heavy (non-hydrogen) atoms. The van der Waals surface area contributed by atoms with Gasteiger partial charge in [-0.3, -0.25) is 9.59 Å². The van der Waals surface area contributed by atoms with Crippen molar-refractivity contribution in [1.29, 1.82) is 0 Å². The number of nitrogens with one attached hydrogen (secondary N) is 2. The minimum Gasteiger partial charge on any atom is -0.380 e. The number of hydrogen-bond acceptors (Lipinski definition) is 4. The van der Waals surface area contributed by atoms with Crippen molar-refractivity contribution in [2.24, 2.45) is 5.73 Å². The van der Waals surface area contributed by atoms with Crippen LogP contribution in [-0.4, -0.2) is 11.8 Å². The molecule has 0 fully saturated rings. The van der Waals surface area contributed by atoms with E-state index >= 15 is 0 Å². The monoisotopic (exact) mass is 289 g/mol. The highest BCUT2D eigenvalue weighted by atomic mass is 32.1. The zero-order valence-electron chi connectivity index (χ0n) is 11.0. The lowest BCUT2D eigenvalue weighted by atomic mass is 10.2. The fourth-order valence-corrected chi connectivity index (χ4v) is 2.48. The topological polar surface area (TPSA) is 84.2 Å². The molecule has 4 N–H and O–H groups in total. The summed E-state index contributed by atoms with van der Waals surface area (Å²) in [4.78, 5) is 23.1. The van der Waals surface area contributed by atoms with Crippen molar-refractivity contribution in [2.45, 2.75) is 13.5 Å². The van der Waals surface area contributed by atoms with E-state index < -0.39 is 5.91 Å². The Morgan fingerprint density at radius 3 is 2.50 bits per heavy atom. The van der Waals surface area contributed by atoms with Crippen molar-refractivity contribution in [3.63, 3.8) is 0 Å². The summed E-state index contributed by atoms with van der Waals surface area (Å²) in [6, 6.07) is 8.82. The molecule has 0 aliphatic rings. The van der Waals surface area contributed by atoms with E-state index in [1.54, 1.807) is 35.6 Å². The first-order valence-corrected chi connectivity index (χ1v) is 6.92. The summed E-state index contributed by atoms with van der Waals surface area (Å²) in [5.41, 5.74) is 7.37. The normalized spacial score (nSPS) is 10.1. The molecule has 104 valence electrons. The Hall–Kier alpha value is -2.34. The maximum Gasteiger partial charge on any atom is 0.248 e. The van der Waals surface area contributed by atoms with Gasteiger partial charge < -0.3 is 16.4 Å². The smallest absolute Gasteiger partial charge is 0.248 e. The van der Waals surface area contributed by atoms with Crippen molar-refractivity contribution in [3.8, 4) is 0 Å². The van der Waals surface area contributed by atoms with Gasteiger partial charge in [0, 0.05) is 23.1 Å². The molecule has 1 aromatic heterocycles. The average molecular weight is 289 g/mol. The lowest BCUT2D eigenvalue weighted by molar-refractivity contribution is -0.114. The van der Waals surface area contributed by atoms with Crippen molar-refractivity contribution < 1.29 is 9.59 Å². The van der Waals surface area contributed by atoms with Gasteiger partial charge in [-0.05, 0) is 35.7 Å². The predicted molar refractivity (Wildman–Crippen MR) is 80.9 cm³/mol. The quantitative estimate of drug-likeness (QED) is 0.790. The molecule has 0 saturated carbocycles. The molecule has 0 saturated heterocycles. The third-order valence-corrected chi connectivity index (χ3v) is 3.60. The SMILES string of the molecule is CC(=O)Nc1ccsc1CNc1ccc(C(N)=O)cc1. The zero-order valence-corrected chi connectivity index (χ0v) is 11.8. The Kier molecular flexibility index (Phi) is 4.37. The Morgan fingerprint density at radius 1 is 1.20 bits per heavy atom. The van der Waals surface area contributed by atoms with Gasteiger partial charge in [0.05, 0.1) is 12.2 Å². The fraction of sp³-hybridized carbons (Fsp3) is 0.143. The predicted octanol–water partition coefficient (Wildman–Crippen LogP) is 2.42. The number of hydrogen-bond donors (Lipinski definition) is 3. The summed E-state index contributed by atoms with van der Waals surface area (Å²) >= 11 is 1.57. The zero-order chi connectivity index (χ0) is 14.5. The summed E-state index contributed by atoms with van der Waals surface area (Å²) in [6.45, 7) is 2.08. The second kappa shape index (κ2) is 6.21. The number of carbonyl (C=O) groups excluding carboxylic acids is 2. The Labute approximate surface area is 120 Å². The maximum absolute atomic E-state index is 11.1. The number of rotatable bonds is 5. The van der Waals surface area contributed by atoms with Crippen LogP contribution in [0.1, 0.15) is 22.2 Å². The molecule has 2 rings (SSSR count). The van der Waals surface area contributed by atoms with Gasteiger partial charge in [0.1, 0.15) is 0 Å². The van der Waals surface area contributed by atoms with E-state index in [-0.39, 0.29) is 5.91 Å². The molecule has 0 atom stereocenters. The molecule has 2 aromatic rings. The van der Waals surface area contributed by atoms with Crippen LogP contribution in [0, 0.1) is 0 Å². The lowest BCUT2D eigenvalue weighted by Crippen LogP contribution is -2.10. The van der Waals surface area contributed by atoms with Crippen LogP contribution in [0.5, 0.6) is 0 Å². The van der Waals surface area contributed by atoms with Crippen LogP contribution in [0.15, 0.2) is 35.7 Å². The molecule has 0 unspecified atom stereocenters. The van der Waals surface area contributed by atoms with Crippen LogP contribution < -0.4 is 16.4 Å². The molecule has 0 aliphatic carbocycles. The van der Waals surface area contributed by atoms with E-state index in [1.165, 1.54) is 6.92 Å². The minimum absolute atomic E-state index is 0.0875. The average Bonchev–Trinajstić information content (AvgIpc) is 2.83. The van der Waals surface area contributed by atoms with E-state index in [2.05, 4.69) is 10.6 Å². The molecule has 1 aromatic carbocycles. The summed E-state index contributed by atoms with van der Waals surface area (Å²) in [5, 5.41) is 7.95. The van der Waals surface area contributed by atoms with Crippen molar-refractivity contribution in [3.05, 3.63) is 46.2 Å². The van der Waals surface area contributed by atoms with E-state index in [0.717, 1.165) is 16.3 Å². The Balaban J connectivity index is 2.00. The fourth-order valence-electron chi connectivity index (χ4n) is 1.71. The van der Waals surface area contributed by atoms with Gasteiger partial charge in [-0.1, -0.05) is 0 Å². The third-order valence-electron chi connectivity index (χ3n) is 2.68. The molecule has 1 heterocycles. The van der Waals surface area contributed by atoms with Gasteiger partial charge in [0.25, 0.3) is 0 Å². The summed E-state index contributed by atoms with van der Waals surface area (Å²) in [7, 11) is 0. The van der Waals surface area contributed by atoms with Crippen molar-refractivity contribution in [2.75, 3.05) is 10.6 Å². The second-order valence-corrected chi connectivity index (χ2v) is 5.23. The number of anilines is 2. The number of nitrogens with two attached hydrogens (primary N) is 1. The number of benzene rings is 1. The molecular formula is C14H15N3O2S. The molecule has 5 nitrogen and oxygen atoms in total. The van der Waals surface area contributed by atoms with Crippen LogP contribution in [0.3, 0.4) is 0 Å². The second-order valence-electron chi connectivity index (χ2n) is 4.23. The van der Waals surface area contributed by atoms with E-state index in [1.807, 2.05) is 11.4 Å². The van der Waals surface area contributed by atoms with E-state index in [0.29, 0.717) is 12.1 Å². The highest BCUT2D eigenvalue weighted by Gasteiger charge is 2.06. The molecule has 0 bridgehead atoms. The van der Waals surface area contributed by atoms with E-state index in [4.69, 9.17) is 5.73 Å². The largest absolute Gasteiger partial charge is 0.380 e. The summed E-state index contributed by atoms with van der Waals surface area (Å²) in [5.74, 6) is -0.529. The first-order valence-electron chi connectivity index (χ1n) is 6.04. The van der Waals surface area contributed by atoms with Crippen LogP contribution >= 0.6 is 11.3 Å². The van der Waals surface area contributed by atoms with E-state index in [9.17, 15) is 9.59 Å². The molecule has 2 amide bonds. The lowest BCUT2D eigenvalue weighted by Gasteiger charge is -2.08. The maximum atomic E-state index is 11.1. The van der Waals surface area contributed by atoms with Gasteiger partial charge in [-0.25, -0.2) is 0 Å². The van der Waals surface area contributed by atoms with Crippen LogP contribution in [0.25, 0.3) is 0 Å². The molecule has 0 aliphatic heterocycles. The number of primary amides is 1. The number of carbonyl (C=O) groups is 2. The van der Waals surface area contributed by atoms with Crippen LogP contribution in [0.4, 0.5) is 11.4 Å². The molecule has 0 spiro atoms. The number of amides is 2. The third kappa shape index (κ3) is 3.58. The van der Waals surface area contributed by atoms with Gasteiger partial charge in [0.2, 0.25) is 11.8 Å². The molecule has 0 radical (unpaired) electrons. The highest BCUT2D eigenvalue weighted by molar-refractivity contribution is 7.10. The first-order chi connectivity index (χ1) is 9.56. The van der Waals surface area contributed by atoms with Crippen molar-refractivity contribution in [1.82, 2.24) is 0 Å². The van der Waals surface area contributed by atoms with Gasteiger partial charge in [-0.2, -0.15) is 0 Å². The van der Waals surface area contributed by atoms with Crippen LogP contribution in [-0.2, 0) is 11.3 Å². The minimum atomic E-state index is -0.442. The Bertz CT molecular complexity index is 620. The standard InChI is InChI=1S/C14H15N3O2S/c1-9(18)17-12-6-7-20-13(12)8-16-11-4-2-10(3-5-11)14(15)19/h2-7,16H,8H2,1H3,(H2,15,19)(H,17,18). The molecular weight excluding hydrogens is 274 g/mol. The highest BCUT2D eigenvalue weighted by Crippen LogP contribution is 2.23. The first kappa shape index (κ1) is 14.1. The Morgan fingerprint density at radius 2 is 1.90 bits per heavy atom. The van der Waals surface area contributed by atoms with Gasteiger partial charge >= 0.3 is 0 Å². The van der Waals surface area contributed by atoms with Crippen LogP contribution in [0.2, 0.25) is 0 Å². The molecule has 6 heteroatoms. The van der Waals surface area contributed by atoms with Gasteiger partial charge in [-0.15, -0.1) is 11.3 Å². The van der Waals surface area contributed by atoms with Gasteiger partial charge in [0.15, 0.2) is 0 Å².